The number of hydrogen-bond acceptors (Lipinski definition) is 8. The predicted octanol–water partition coefficient (Wildman–Crippen LogP) is 2.47. The molecule has 32 heavy (non-hydrogen) atoms. The Balaban J connectivity index is 1.73. The van der Waals surface area contributed by atoms with Crippen molar-refractivity contribution in [2.24, 2.45) is 0 Å². The lowest BCUT2D eigenvalue weighted by atomic mass is 10.2. The van der Waals surface area contributed by atoms with Crippen molar-refractivity contribution in [2.45, 2.75) is 23.9 Å². The number of rotatable bonds is 9. The summed E-state index contributed by atoms with van der Waals surface area (Å²) in [4.78, 5) is 16.3. The third-order valence-corrected chi connectivity index (χ3v) is 7.64. The topological polar surface area (TPSA) is 136 Å². The number of aromatic nitrogens is 4. The van der Waals surface area contributed by atoms with Gasteiger partial charge in [-0.1, -0.05) is 49.3 Å². The molecule has 10 nitrogen and oxygen atoms in total. The Morgan fingerprint density at radius 3 is 2.62 bits per heavy atom. The SMILES string of the molecule is CCN(CC)S(=O)(=O)c1cccc(-c2nnc(SCC(=O)Nc3ccc(Cl)cn3)n2N)c1. The number of carbonyl (C=O) groups is 1. The molecule has 13 heteroatoms. The van der Waals surface area contributed by atoms with Crippen molar-refractivity contribution >= 4 is 45.1 Å². The summed E-state index contributed by atoms with van der Waals surface area (Å²) in [6, 6.07) is 9.57. The average Bonchev–Trinajstić information content (AvgIpc) is 3.15. The number of nitrogen functional groups attached to an aromatic ring is 1. The van der Waals surface area contributed by atoms with Gasteiger partial charge in [-0.15, -0.1) is 10.2 Å². The van der Waals surface area contributed by atoms with Gasteiger partial charge in [0.05, 0.1) is 15.7 Å². The lowest BCUT2D eigenvalue weighted by Gasteiger charge is -2.18. The van der Waals surface area contributed by atoms with E-state index in [0.717, 1.165) is 11.8 Å². The van der Waals surface area contributed by atoms with Crippen molar-refractivity contribution in [2.75, 3.05) is 30.0 Å². The van der Waals surface area contributed by atoms with Crippen LogP contribution >= 0.6 is 23.4 Å². The molecule has 2 heterocycles. The fourth-order valence-electron chi connectivity index (χ4n) is 2.84. The Morgan fingerprint density at radius 2 is 1.97 bits per heavy atom. The third-order valence-electron chi connectivity index (χ3n) is 4.43. The van der Waals surface area contributed by atoms with Gasteiger partial charge in [0, 0.05) is 24.8 Å². The number of carbonyl (C=O) groups excluding carboxylic acids is 1. The third kappa shape index (κ3) is 5.38. The molecule has 0 aliphatic rings. The summed E-state index contributed by atoms with van der Waals surface area (Å²) < 4.78 is 28.2. The number of nitrogens with one attached hydrogen (secondary N) is 1. The molecule has 0 fully saturated rings. The van der Waals surface area contributed by atoms with Gasteiger partial charge in [-0.2, -0.15) is 4.31 Å². The Bertz CT molecular complexity index is 1200. The first kappa shape index (κ1) is 24.0. The van der Waals surface area contributed by atoms with Gasteiger partial charge in [-0.25, -0.2) is 18.1 Å². The number of sulfonamides is 1. The molecule has 0 radical (unpaired) electrons. The van der Waals surface area contributed by atoms with Crippen molar-refractivity contribution in [3.63, 3.8) is 0 Å². The van der Waals surface area contributed by atoms with E-state index >= 15 is 0 Å². The van der Waals surface area contributed by atoms with Crippen LogP contribution in [0.4, 0.5) is 5.82 Å². The molecule has 0 saturated heterocycles. The fourth-order valence-corrected chi connectivity index (χ4v) is 5.11. The standard InChI is InChI=1S/C19H22ClN7O3S2/c1-3-26(4-2)32(29,30)15-7-5-6-13(10-15)18-24-25-19(27(18)21)31-12-17(28)23-16-9-8-14(20)11-22-16/h5-11H,3-4,12,21H2,1-2H3,(H,22,23,28). The first-order chi connectivity index (χ1) is 15.3. The zero-order chi connectivity index (χ0) is 23.3. The van der Waals surface area contributed by atoms with Gasteiger partial charge in [0.2, 0.25) is 21.1 Å². The second-order valence-corrected chi connectivity index (χ2v) is 9.81. The van der Waals surface area contributed by atoms with Crippen LogP contribution < -0.4 is 11.2 Å². The summed E-state index contributed by atoms with van der Waals surface area (Å²) in [6.07, 6.45) is 1.43. The van der Waals surface area contributed by atoms with Crippen molar-refractivity contribution in [3.05, 3.63) is 47.6 Å². The van der Waals surface area contributed by atoms with E-state index in [2.05, 4.69) is 20.5 Å². The maximum absolute atomic E-state index is 12.8. The summed E-state index contributed by atoms with van der Waals surface area (Å²) in [5.41, 5.74) is 0.495. The Morgan fingerprint density at radius 1 is 1.22 bits per heavy atom. The summed E-state index contributed by atoms with van der Waals surface area (Å²) >= 11 is 6.86. The van der Waals surface area contributed by atoms with Crippen molar-refractivity contribution in [3.8, 4) is 11.4 Å². The molecule has 170 valence electrons. The van der Waals surface area contributed by atoms with Gasteiger partial charge >= 0.3 is 0 Å². The molecule has 0 aliphatic carbocycles. The van der Waals surface area contributed by atoms with Crippen LogP contribution in [0.2, 0.25) is 5.02 Å². The molecule has 0 aliphatic heterocycles. The lowest BCUT2D eigenvalue weighted by Crippen LogP contribution is -2.30. The second kappa shape index (κ2) is 10.3. The highest BCUT2D eigenvalue weighted by Crippen LogP contribution is 2.25. The van der Waals surface area contributed by atoms with Gasteiger partial charge in [0.25, 0.3) is 0 Å². The molecule has 3 aromatic rings. The molecule has 0 bridgehead atoms. The van der Waals surface area contributed by atoms with Gasteiger partial charge in [0.15, 0.2) is 5.82 Å². The van der Waals surface area contributed by atoms with Crippen molar-refractivity contribution in [1.29, 1.82) is 0 Å². The van der Waals surface area contributed by atoms with E-state index in [1.165, 1.54) is 27.3 Å². The largest absolute Gasteiger partial charge is 0.335 e. The molecule has 0 atom stereocenters. The zero-order valence-corrected chi connectivity index (χ0v) is 19.8. The Hall–Kier alpha value is -2.67. The normalized spacial score (nSPS) is 11.6. The molecular formula is C19H22ClN7O3S2. The molecule has 0 unspecified atom stereocenters. The molecule has 3 rings (SSSR count). The van der Waals surface area contributed by atoms with Crippen LogP contribution in [-0.4, -0.2) is 57.3 Å². The van der Waals surface area contributed by atoms with E-state index in [1.54, 1.807) is 38.1 Å². The second-order valence-electron chi connectivity index (χ2n) is 6.49. The minimum Gasteiger partial charge on any atom is -0.335 e. The van der Waals surface area contributed by atoms with Crippen LogP contribution in [-0.2, 0) is 14.8 Å². The number of nitrogens with zero attached hydrogens (tertiary/aromatic N) is 5. The molecule has 3 N–H and O–H groups in total. The minimum absolute atomic E-state index is 0.0238. The number of anilines is 1. The van der Waals surface area contributed by atoms with Crippen LogP contribution in [0.3, 0.4) is 0 Å². The highest BCUT2D eigenvalue weighted by Gasteiger charge is 2.23. The van der Waals surface area contributed by atoms with Gasteiger partial charge in [-0.05, 0) is 24.3 Å². The lowest BCUT2D eigenvalue weighted by molar-refractivity contribution is -0.113. The minimum atomic E-state index is -3.63. The quantitative estimate of drug-likeness (QED) is 0.341. The Kier molecular flexibility index (Phi) is 7.72. The number of hydrogen-bond donors (Lipinski definition) is 2. The number of pyridine rings is 1. The highest BCUT2D eigenvalue weighted by atomic mass is 35.5. The predicted molar refractivity (Wildman–Crippen MR) is 124 cm³/mol. The smallest absolute Gasteiger partial charge is 0.243 e. The molecular weight excluding hydrogens is 474 g/mol. The number of benzene rings is 1. The van der Waals surface area contributed by atoms with Crippen LogP contribution in [0.25, 0.3) is 11.4 Å². The average molecular weight is 496 g/mol. The zero-order valence-electron chi connectivity index (χ0n) is 17.4. The van der Waals surface area contributed by atoms with E-state index in [9.17, 15) is 13.2 Å². The van der Waals surface area contributed by atoms with Crippen LogP contribution in [0.1, 0.15) is 13.8 Å². The van der Waals surface area contributed by atoms with Gasteiger partial charge in [-0.3, -0.25) is 4.79 Å². The molecule has 1 aromatic carbocycles. The van der Waals surface area contributed by atoms with Crippen LogP contribution in [0.5, 0.6) is 0 Å². The molecule has 2 aromatic heterocycles. The van der Waals surface area contributed by atoms with E-state index in [0.29, 0.717) is 34.6 Å². The summed E-state index contributed by atoms with van der Waals surface area (Å²) in [6.45, 7) is 4.29. The van der Waals surface area contributed by atoms with E-state index in [-0.39, 0.29) is 22.4 Å². The maximum Gasteiger partial charge on any atom is 0.243 e. The first-order valence-corrected chi connectivity index (χ1v) is 12.4. The monoisotopic (exact) mass is 495 g/mol. The van der Waals surface area contributed by atoms with Crippen molar-refractivity contribution in [1.82, 2.24) is 24.2 Å². The number of amides is 1. The highest BCUT2D eigenvalue weighted by molar-refractivity contribution is 7.99. The number of nitrogens with two attached hydrogens (primary N) is 1. The summed E-state index contributed by atoms with van der Waals surface area (Å²) in [7, 11) is -3.63. The molecule has 0 saturated carbocycles. The Labute approximate surface area is 195 Å². The van der Waals surface area contributed by atoms with Crippen LogP contribution in [0.15, 0.2) is 52.6 Å². The number of halogens is 1. The van der Waals surface area contributed by atoms with Gasteiger partial charge in [0.1, 0.15) is 5.82 Å². The fraction of sp³-hybridized carbons (Fsp3) is 0.263. The number of thioether (sulfide) groups is 1. The summed E-state index contributed by atoms with van der Waals surface area (Å²) in [5.74, 6) is 6.49. The first-order valence-electron chi connectivity index (χ1n) is 9.61. The van der Waals surface area contributed by atoms with E-state index < -0.39 is 10.0 Å². The maximum atomic E-state index is 12.8. The van der Waals surface area contributed by atoms with E-state index in [4.69, 9.17) is 17.4 Å². The van der Waals surface area contributed by atoms with Crippen LogP contribution in [0, 0.1) is 0 Å². The molecule has 0 spiro atoms. The van der Waals surface area contributed by atoms with Gasteiger partial charge < -0.3 is 11.2 Å². The van der Waals surface area contributed by atoms with E-state index in [1.807, 2.05) is 0 Å². The summed E-state index contributed by atoms with van der Waals surface area (Å²) in [5, 5.41) is 11.5. The van der Waals surface area contributed by atoms with Crippen molar-refractivity contribution < 1.29 is 13.2 Å². The molecule has 1 amide bonds.